The van der Waals surface area contributed by atoms with Crippen molar-refractivity contribution in [2.45, 2.75) is 13.0 Å². The molecule has 1 heterocycles. The van der Waals surface area contributed by atoms with Gasteiger partial charge in [0.05, 0.1) is 5.52 Å². The van der Waals surface area contributed by atoms with Crippen LogP contribution in [0.1, 0.15) is 6.42 Å². The number of hydrogen-bond donors (Lipinski definition) is 0. The van der Waals surface area contributed by atoms with Gasteiger partial charge in [-0.1, -0.05) is 11.6 Å². The topological polar surface area (TPSA) is 35.1 Å². The number of hydrogen-bond acceptors (Lipinski definition) is 2. The lowest BCUT2D eigenvalue weighted by Gasteiger charge is -1.99. The molecule has 2 aromatic rings. The van der Waals surface area contributed by atoms with Gasteiger partial charge in [0.2, 0.25) is 0 Å². The first kappa shape index (κ1) is 10.6. The summed E-state index contributed by atoms with van der Waals surface area (Å²) < 4.78 is 6.60. The molecule has 0 fully saturated rings. The summed E-state index contributed by atoms with van der Waals surface area (Å²) in [7, 11) is 0. The molecule has 1 aromatic heterocycles. The van der Waals surface area contributed by atoms with Crippen LogP contribution < -0.4 is 5.76 Å². The zero-order chi connectivity index (χ0) is 10.8. The first-order valence-corrected chi connectivity index (χ1v) is 5.48. The lowest BCUT2D eigenvalue weighted by molar-refractivity contribution is 0.503. The maximum Gasteiger partial charge on any atom is 0.419 e. The molecule has 0 unspecified atom stereocenters. The minimum Gasteiger partial charge on any atom is -0.408 e. The normalized spacial score (nSPS) is 11.1. The average Bonchev–Trinajstić information content (AvgIpc) is 2.51. The second-order valence-corrected chi connectivity index (χ2v) is 3.99. The van der Waals surface area contributed by atoms with E-state index in [9.17, 15) is 4.79 Å². The van der Waals surface area contributed by atoms with Gasteiger partial charge in [0.25, 0.3) is 0 Å². The molecule has 0 saturated carbocycles. The molecule has 0 aliphatic carbocycles. The fourth-order valence-electron chi connectivity index (χ4n) is 1.46. The van der Waals surface area contributed by atoms with Crippen LogP contribution in [0.5, 0.6) is 0 Å². The third-order valence-electron chi connectivity index (χ3n) is 2.14. The van der Waals surface area contributed by atoms with Crippen molar-refractivity contribution < 1.29 is 4.42 Å². The predicted octanol–water partition coefficient (Wildman–Crippen LogP) is 2.88. The van der Waals surface area contributed by atoms with E-state index in [-0.39, 0.29) is 5.76 Å². The molecule has 80 valence electrons. The minimum absolute atomic E-state index is 0.364. The maximum atomic E-state index is 11.5. The number of aromatic nitrogens is 1. The molecule has 0 spiro atoms. The summed E-state index contributed by atoms with van der Waals surface area (Å²) in [4.78, 5) is 11.5. The molecular weight excluding hydrogens is 237 g/mol. The number of benzene rings is 1. The van der Waals surface area contributed by atoms with E-state index in [1.165, 1.54) is 0 Å². The zero-order valence-corrected chi connectivity index (χ0v) is 9.38. The second kappa shape index (κ2) is 4.29. The largest absolute Gasteiger partial charge is 0.419 e. The molecule has 15 heavy (non-hydrogen) atoms. The molecule has 5 heteroatoms. The smallest absolute Gasteiger partial charge is 0.408 e. The monoisotopic (exact) mass is 245 g/mol. The van der Waals surface area contributed by atoms with Gasteiger partial charge < -0.3 is 4.42 Å². The van der Waals surface area contributed by atoms with Crippen LogP contribution in [0.4, 0.5) is 0 Å². The summed E-state index contributed by atoms with van der Waals surface area (Å²) in [5, 5.41) is 0.586. The van der Waals surface area contributed by atoms with Gasteiger partial charge in [-0.05, 0) is 24.6 Å². The van der Waals surface area contributed by atoms with Crippen LogP contribution in [0, 0.1) is 0 Å². The number of alkyl halides is 1. The van der Waals surface area contributed by atoms with E-state index < -0.39 is 0 Å². The lowest BCUT2D eigenvalue weighted by Crippen LogP contribution is -2.14. The number of fused-ring (bicyclic) bond motifs is 1. The summed E-state index contributed by atoms with van der Waals surface area (Å²) in [6.07, 6.45) is 0.725. The van der Waals surface area contributed by atoms with Crippen molar-refractivity contribution in [1.82, 2.24) is 4.57 Å². The van der Waals surface area contributed by atoms with Crippen LogP contribution in [0.25, 0.3) is 11.1 Å². The first-order chi connectivity index (χ1) is 7.22. The molecule has 0 N–H and O–H groups in total. The van der Waals surface area contributed by atoms with Gasteiger partial charge in [0.15, 0.2) is 5.58 Å². The number of aryl methyl sites for hydroxylation is 1. The average molecular weight is 246 g/mol. The second-order valence-electron chi connectivity index (χ2n) is 3.17. The fraction of sp³-hybridized carbons (Fsp3) is 0.300. The van der Waals surface area contributed by atoms with Crippen molar-refractivity contribution >= 4 is 34.3 Å². The van der Waals surface area contributed by atoms with Gasteiger partial charge in [-0.25, -0.2) is 4.79 Å². The Morgan fingerprint density at radius 3 is 2.93 bits per heavy atom. The Hall–Kier alpha value is -0.930. The molecule has 0 bridgehead atoms. The maximum absolute atomic E-state index is 11.5. The van der Waals surface area contributed by atoms with Crippen LogP contribution >= 0.6 is 23.2 Å². The van der Waals surface area contributed by atoms with Gasteiger partial charge in [-0.3, -0.25) is 4.57 Å². The molecule has 0 saturated heterocycles. The standard InChI is InChI=1S/C10H9Cl2NO2/c11-4-1-5-13-8-6-7(12)2-3-9(8)15-10(13)14/h2-3,6H,1,4-5H2. The Balaban J connectivity index is 2.55. The van der Waals surface area contributed by atoms with Gasteiger partial charge >= 0.3 is 5.76 Å². The number of rotatable bonds is 3. The molecule has 0 aliphatic heterocycles. The summed E-state index contributed by atoms with van der Waals surface area (Å²) in [5.74, 6) is 0.150. The molecule has 0 atom stereocenters. The van der Waals surface area contributed by atoms with Crippen molar-refractivity contribution in [3.8, 4) is 0 Å². The fourth-order valence-corrected chi connectivity index (χ4v) is 1.75. The van der Waals surface area contributed by atoms with Crippen molar-refractivity contribution in [3.05, 3.63) is 33.8 Å². The number of nitrogens with zero attached hydrogens (tertiary/aromatic N) is 1. The lowest BCUT2D eigenvalue weighted by atomic mass is 10.3. The Morgan fingerprint density at radius 1 is 1.40 bits per heavy atom. The summed E-state index contributed by atoms with van der Waals surface area (Å²) in [6.45, 7) is 0.551. The van der Waals surface area contributed by atoms with E-state index in [2.05, 4.69) is 0 Å². The van der Waals surface area contributed by atoms with Crippen LogP contribution in [0.15, 0.2) is 27.4 Å². The molecule has 2 rings (SSSR count). The van der Waals surface area contributed by atoms with Crippen molar-refractivity contribution in [2.24, 2.45) is 0 Å². The highest BCUT2D eigenvalue weighted by molar-refractivity contribution is 6.31. The zero-order valence-electron chi connectivity index (χ0n) is 7.87. The Kier molecular flexibility index (Phi) is 3.03. The molecule has 1 aromatic carbocycles. The van der Waals surface area contributed by atoms with Gasteiger partial charge in [0, 0.05) is 17.4 Å². The SMILES string of the molecule is O=c1oc2ccc(Cl)cc2n1CCCCl. The molecule has 3 nitrogen and oxygen atoms in total. The first-order valence-electron chi connectivity index (χ1n) is 4.57. The number of oxazole rings is 1. The predicted molar refractivity (Wildman–Crippen MR) is 60.8 cm³/mol. The summed E-state index contributed by atoms with van der Waals surface area (Å²) in [6, 6.07) is 5.10. The summed E-state index contributed by atoms with van der Waals surface area (Å²) >= 11 is 11.4. The summed E-state index contributed by atoms with van der Waals surface area (Å²) in [5.41, 5.74) is 1.27. The van der Waals surface area contributed by atoms with Crippen LogP contribution in [-0.4, -0.2) is 10.4 Å². The quantitative estimate of drug-likeness (QED) is 0.780. The van der Waals surface area contributed by atoms with Crippen molar-refractivity contribution in [3.63, 3.8) is 0 Å². The highest BCUT2D eigenvalue weighted by Gasteiger charge is 2.08. The Bertz CT molecular complexity index is 530. The van der Waals surface area contributed by atoms with E-state index in [1.807, 2.05) is 0 Å². The van der Waals surface area contributed by atoms with Crippen LogP contribution in [-0.2, 0) is 6.54 Å². The Morgan fingerprint density at radius 2 is 2.20 bits per heavy atom. The van der Waals surface area contributed by atoms with Crippen LogP contribution in [0.3, 0.4) is 0 Å². The van der Waals surface area contributed by atoms with Gasteiger partial charge in [0.1, 0.15) is 0 Å². The van der Waals surface area contributed by atoms with E-state index in [1.54, 1.807) is 22.8 Å². The molecule has 0 amide bonds. The van der Waals surface area contributed by atoms with E-state index in [0.29, 0.717) is 23.0 Å². The molecule has 0 radical (unpaired) electrons. The van der Waals surface area contributed by atoms with E-state index in [0.717, 1.165) is 11.9 Å². The third kappa shape index (κ3) is 2.03. The highest BCUT2D eigenvalue weighted by atomic mass is 35.5. The van der Waals surface area contributed by atoms with E-state index in [4.69, 9.17) is 27.6 Å². The van der Waals surface area contributed by atoms with E-state index >= 15 is 0 Å². The Labute approximate surface area is 96.2 Å². The van der Waals surface area contributed by atoms with Gasteiger partial charge in [-0.2, -0.15) is 0 Å². The molecule has 0 aliphatic rings. The minimum atomic E-state index is -0.364. The molecular formula is C10H9Cl2NO2. The highest BCUT2D eigenvalue weighted by Crippen LogP contribution is 2.18. The van der Waals surface area contributed by atoms with Crippen molar-refractivity contribution in [1.29, 1.82) is 0 Å². The van der Waals surface area contributed by atoms with Gasteiger partial charge in [-0.15, -0.1) is 11.6 Å². The van der Waals surface area contributed by atoms with Crippen LogP contribution in [0.2, 0.25) is 5.02 Å². The third-order valence-corrected chi connectivity index (χ3v) is 2.65. The number of halogens is 2. The van der Waals surface area contributed by atoms with Crippen molar-refractivity contribution in [2.75, 3.05) is 5.88 Å².